The van der Waals surface area contributed by atoms with Gasteiger partial charge in [-0.05, 0) is 25.1 Å². The highest BCUT2D eigenvalue weighted by Crippen LogP contribution is 2.15. The van der Waals surface area contributed by atoms with Crippen molar-refractivity contribution in [3.05, 3.63) is 30.1 Å². The molecule has 2 aromatic rings. The van der Waals surface area contributed by atoms with Crippen LogP contribution in [0, 0.1) is 0 Å². The summed E-state index contributed by atoms with van der Waals surface area (Å²) in [6, 6.07) is 7.77. The molecule has 0 fully saturated rings. The molecule has 0 aliphatic rings. The monoisotopic (exact) mass is 271 g/mol. The molecule has 19 heavy (non-hydrogen) atoms. The van der Waals surface area contributed by atoms with Gasteiger partial charge in [-0.2, -0.15) is 13.2 Å². The van der Waals surface area contributed by atoms with Gasteiger partial charge in [-0.1, -0.05) is 12.1 Å². The Hall–Kier alpha value is -1.56. The van der Waals surface area contributed by atoms with E-state index in [1.807, 2.05) is 35.9 Å². The number of para-hydroxylation sites is 2. The lowest BCUT2D eigenvalue weighted by Crippen LogP contribution is -2.29. The lowest BCUT2D eigenvalue weighted by atomic mass is 10.3. The number of nitrogens with zero attached hydrogens (tertiary/aromatic N) is 2. The number of aryl methyl sites for hydroxylation is 2. The van der Waals surface area contributed by atoms with E-state index < -0.39 is 12.7 Å². The van der Waals surface area contributed by atoms with Crippen LogP contribution in [0.5, 0.6) is 0 Å². The van der Waals surface area contributed by atoms with Crippen molar-refractivity contribution in [1.29, 1.82) is 0 Å². The summed E-state index contributed by atoms with van der Waals surface area (Å²) in [5, 5.41) is 2.39. The number of hydrogen-bond donors (Lipinski definition) is 1. The maximum atomic E-state index is 11.9. The molecule has 0 unspecified atom stereocenters. The van der Waals surface area contributed by atoms with Crippen molar-refractivity contribution in [1.82, 2.24) is 14.9 Å². The number of halogens is 3. The summed E-state index contributed by atoms with van der Waals surface area (Å²) in [4.78, 5) is 4.47. The van der Waals surface area contributed by atoms with Gasteiger partial charge in [0, 0.05) is 13.5 Å². The topological polar surface area (TPSA) is 29.9 Å². The quantitative estimate of drug-likeness (QED) is 0.847. The molecule has 0 radical (unpaired) electrons. The summed E-state index contributed by atoms with van der Waals surface area (Å²) >= 11 is 0. The minimum atomic E-state index is -4.14. The van der Waals surface area contributed by atoms with Gasteiger partial charge >= 0.3 is 6.18 Å². The summed E-state index contributed by atoms with van der Waals surface area (Å²) in [6.45, 7) is -0.599. The number of hydrogen-bond acceptors (Lipinski definition) is 2. The third-order valence-corrected chi connectivity index (χ3v) is 2.96. The highest BCUT2D eigenvalue weighted by atomic mass is 19.4. The van der Waals surface area contributed by atoms with E-state index >= 15 is 0 Å². The molecule has 0 saturated carbocycles. The summed E-state index contributed by atoms with van der Waals surface area (Å²) in [5.74, 6) is 0.898. The van der Waals surface area contributed by atoms with Gasteiger partial charge in [-0.3, -0.25) is 0 Å². The number of rotatable bonds is 5. The third kappa shape index (κ3) is 3.70. The number of alkyl halides is 3. The van der Waals surface area contributed by atoms with Crippen LogP contribution in [0.15, 0.2) is 24.3 Å². The number of fused-ring (bicyclic) bond motifs is 1. The molecular weight excluding hydrogens is 255 g/mol. The van der Waals surface area contributed by atoms with Crippen molar-refractivity contribution in [3.8, 4) is 0 Å². The van der Waals surface area contributed by atoms with E-state index in [1.54, 1.807) is 0 Å². The lowest BCUT2D eigenvalue weighted by molar-refractivity contribution is -0.124. The predicted octanol–water partition coefficient (Wildman–Crippen LogP) is 2.66. The molecule has 1 aromatic carbocycles. The van der Waals surface area contributed by atoms with Crippen LogP contribution in [0.2, 0.25) is 0 Å². The third-order valence-electron chi connectivity index (χ3n) is 2.96. The fourth-order valence-corrected chi connectivity index (χ4v) is 2.02. The molecule has 1 aromatic heterocycles. The van der Waals surface area contributed by atoms with Gasteiger partial charge in [0.2, 0.25) is 0 Å². The first-order valence-electron chi connectivity index (χ1n) is 6.15. The van der Waals surface area contributed by atoms with Crippen molar-refractivity contribution in [2.75, 3.05) is 13.1 Å². The van der Waals surface area contributed by atoms with E-state index in [1.165, 1.54) is 0 Å². The Morgan fingerprint density at radius 1 is 1.26 bits per heavy atom. The molecular formula is C13H16F3N3. The van der Waals surface area contributed by atoms with Crippen LogP contribution in [-0.4, -0.2) is 28.8 Å². The van der Waals surface area contributed by atoms with Crippen LogP contribution < -0.4 is 5.32 Å². The van der Waals surface area contributed by atoms with Crippen molar-refractivity contribution in [2.45, 2.75) is 19.0 Å². The summed E-state index contributed by atoms with van der Waals surface area (Å²) in [7, 11) is 1.92. The smallest absolute Gasteiger partial charge is 0.331 e. The Morgan fingerprint density at radius 3 is 2.68 bits per heavy atom. The molecule has 1 heterocycles. The van der Waals surface area contributed by atoms with Crippen molar-refractivity contribution in [2.24, 2.45) is 7.05 Å². The highest BCUT2D eigenvalue weighted by Gasteiger charge is 2.25. The highest BCUT2D eigenvalue weighted by molar-refractivity contribution is 5.75. The van der Waals surface area contributed by atoms with E-state index in [0.29, 0.717) is 19.4 Å². The lowest BCUT2D eigenvalue weighted by Gasteiger charge is -2.07. The first kappa shape index (κ1) is 13.9. The van der Waals surface area contributed by atoms with Crippen molar-refractivity contribution >= 4 is 11.0 Å². The summed E-state index contributed by atoms with van der Waals surface area (Å²) in [6.07, 6.45) is -2.85. The first-order chi connectivity index (χ1) is 8.97. The summed E-state index contributed by atoms with van der Waals surface area (Å²) in [5.41, 5.74) is 1.96. The Labute approximate surface area is 109 Å². The van der Waals surface area contributed by atoms with Crippen molar-refractivity contribution in [3.63, 3.8) is 0 Å². The van der Waals surface area contributed by atoms with Crippen LogP contribution in [-0.2, 0) is 13.5 Å². The fraction of sp³-hybridized carbons (Fsp3) is 0.462. The molecule has 0 aliphatic heterocycles. The van der Waals surface area contributed by atoms with Gasteiger partial charge < -0.3 is 9.88 Å². The van der Waals surface area contributed by atoms with Gasteiger partial charge in [0.15, 0.2) is 0 Å². The molecule has 104 valence electrons. The van der Waals surface area contributed by atoms with E-state index in [-0.39, 0.29) is 0 Å². The number of nitrogens with one attached hydrogen (secondary N) is 1. The van der Waals surface area contributed by atoms with Crippen molar-refractivity contribution < 1.29 is 13.2 Å². The van der Waals surface area contributed by atoms with Crippen LogP contribution >= 0.6 is 0 Å². The minimum Gasteiger partial charge on any atom is -0.331 e. The molecule has 0 aliphatic carbocycles. The summed E-state index contributed by atoms with van der Waals surface area (Å²) < 4.78 is 37.8. The first-order valence-corrected chi connectivity index (χ1v) is 6.15. The normalized spacial score (nSPS) is 12.2. The standard InChI is InChI=1S/C13H16F3N3/c1-19-11-6-3-2-5-10(11)18-12(19)7-4-8-17-9-13(14,15)16/h2-3,5-6,17H,4,7-9H2,1H3. The van der Waals surface area contributed by atoms with E-state index in [4.69, 9.17) is 0 Å². The minimum absolute atomic E-state index is 0.336. The van der Waals surface area contributed by atoms with Gasteiger partial charge in [0.1, 0.15) is 5.82 Å². The predicted molar refractivity (Wildman–Crippen MR) is 68.0 cm³/mol. The van der Waals surface area contributed by atoms with Gasteiger partial charge in [-0.25, -0.2) is 4.98 Å². The zero-order valence-electron chi connectivity index (χ0n) is 10.7. The zero-order chi connectivity index (χ0) is 13.9. The number of imidazole rings is 1. The van der Waals surface area contributed by atoms with E-state index in [2.05, 4.69) is 10.3 Å². The molecule has 1 N–H and O–H groups in total. The van der Waals surface area contributed by atoms with Gasteiger partial charge in [-0.15, -0.1) is 0 Å². The molecule has 6 heteroatoms. The second-order valence-electron chi connectivity index (χ2n) is 4.47. The molecule has 3 nitrogen and oxygen atoms in total. The molecule has 0 amide bonds. The van der Waals surface area contributed by atoms with Crippen LogP contribution in [0.4, 0.5) is 13.2 Å². The SMILES string of the molecule is Cn1c(CCCNCC(F)(F)F)nc2ccccc21. The molecule has 2 rings (SSSR count). The zero-order valence-corrected chi connectivity index (χ0v) is 10.7. The number of aromatic nitrogens is 2. The molecule has 0 spiro atoms. The average Bonchev–Trinajstić information content (AvgIpc) is 2.65. The second kappa shape index (κ2) is 5.61. The Balaban J connectivity index is 1.87. The molecule has 0 saturated heterocycles. The van der Waals surface area contributed by atoms with Crippen LogP contribution in [0.25, 0.3) is 11.0 Å². The van der Waals surface area contributed by atoms with Crippen LogP contribution in [0.1, 0.15) is 12.2 Å². The Kier molecular flexibility index (Phi) is 4.09. The molecule has 0 atom stereocenters. The van der Waals surface area contributed by atoms with Crippen LogP contribution in [0.3, 0.4) is 0 Å². The fourth-order valence-electron chi connectivity index (χ4n) is 2.02. The largest absolute Gasteiger partial charge is 0.401 e. The maximum absolute atomic E-state index is 11.9. The maximum Gasteiger partial charge on any atom is 0.401 e. The van der Waals surface area contributed by atoms with E-state index in [0.717, 1.165) is 16.9 Å². The van der Waals surface area contributed by atoms with E-state index in [9.17, 15) is 13.2 Å². The van der Waals surface area contributed by atoms with Gasteiger partial charge in [0.05, 0.1) is 17.6 Å². The molecule has 0 bridgehead atoms. The number of benzene rings is 1. The Morgan fingerprint density at radius 2 is 2.00 bits per heavy atom. The average molecular weight is 271 g/mol. The Bertz CT molecular complexity index is 546. The second-order valence-corrected chi connectivity index (χ2v) is 4.47. The van der Waals surface area contributed by atoms with Gasteiger partial charge in [0.25, 0.3) is 0 Å².